The number of alkyl halides is 3. The Morgan fingerprint density at radius 3 is 2.17 bits per heavy atom. The van der Waals surface area contributed by atoms with Crippen molar-refractivity contribution in [3.05, 3.63) is 84.4 Å². The molecule has 35 heavy (non-hydrogen) atoms. The monoisotopic (exact) mass is 504 g/mol. The van der Waals surface area contributed by atoms with Crippen molar-refractivity contribution in [2.75, 3.05) is 13.1 Å². The van der Waals surface area contributed by atoms with Crippen LogP contribution in [-0.2, 0) is 21.5 Å². The molecule has 0 radical (unpaired) electrons. The Morgan fingerprint density at radius 2 is 1.51 bits per heavy atom. The number of hydrogen-bond acceptors (Lipinski definition) is 5. The normalized spacial score (nSPS) is 15.0. The highest BCUT2D eigenvalue weighted by atomic mass is 32.2. The maximum atomic E-state index is 12.8. The fraction of sp³-hybridized carbons (Fsp3) is 0.240. The zero-order chi connectivity index (χ0) is 24.9. The highest BCUT2D eigenvalue weighted by Gasteiger charge is 2.32. The van der Waals surface area contributed by atoms with E-state index in [1.54, 1.807) is 0 Å². The topological polar surface area (TPSA) is 68.2 Å². The Labute approximate surface area is 201 Å². The van der Waals surface area contributed by atoms with Gasteiger partial charge in [0, 0.05) is 25.9 Å². The SMILES string of the molecule is O=S(=O)(c1ccc(OC(F)(F)F)cc1)N1CCC(=NOCc2cccc(-c3ccccc3)c2)CC1. The second kappa shape index (κ2) is 10.5. The summed E-state index contributed by atoms with van der Waals surface area (Å²) in [6.07, 6.45) is -4.03. The molecular weight excluding hydrogens is 481 g/mol. The van der Waals surface area contributed by atoms with Crippen LogP contribution in [0.3, 0.4) is 0 Å². The number of sulfonamides is 1. The van der Waals surface area contributed by atoms with E-state index in [9.17, 15) is 21.6 Å². The molecule has 184 valence electrons. The molecule has 1 aliphatic heterocycles. The van der Waals surface area contributed by atoms with Crippen LogP contribution in [0.25, 0.3) is 11.1 Å². The van der Waals surface area contributed by atoms with Gasteiger partial charge >= 0.3 is 6.36 Å². The number of piperidine rings is 1. The van der Waals surface area contributed by atoms with E-state index >= 15 is 0 Å². The predicted molar refractivity (Wildman–Crippen MR) is 125 cm³/mol. The Balaban J connectivity index is 1.31. The molecule has 1 saturated heterocycles. The summed E-state index contributed by atoms with van der Waals surface area (Å²) in [7, 11) is -3.84. The Hall–Kier alpha value is -3.37. The van der Waals surface area contributed by atoms with Crippen LogP contribution in [0.1, 0.15) is 18.4 Å². The number of oxime groups is 1. The lowest BCUT2D eigenvalue weighted by atomic mass is 10.0. The van der Waals surface area contributed by atoms with Crippen LogP contribution in [0.2, 0.25) is 0 Å². The first-order chi connectivity index (χ1) is 16.7. The summed E-state index contributed by atoms with van der Waals surface area (Å²) in [4.78, 5) is 5.43. The third kappa shape index (κ3) is 6.61. The van der Waals surface area contributed by atoms with Gasteiger partial charge in [-0.05, 0) is 47.0 Å². The van der Waals surface area contributed by atoms with Gasteiger partial charge in [-0.15, -0.1) is 13.2 Å². The maximum Gasteiger partial charge on any atom is 0.573 e. The summed E-state index contributed by atoms with van der Waals surface area (Å²) >= 11 is 0. The minimum atomic E-state index is -4.84. The van der Waals surface area contributed by atoms with Crippen LogP contribution in [0, 0.1) is 0 Å². The molecule has 0 spiro atoms. The molecule has 10 heteroatoms. The van der Waals surface area contributed by atoms with Crippen molar-refractivity contribution in [1.29, 1.82) is 0 Å². The molecule has 3 aromatic carbocycles. The highest BCUT2D eigenvalue weighted by Crippen LogP contribution is 2.26. The minimum absolute atomic E-state index is 0.0954. The third-order valence-corrected chi connectivity index (χ3v) is 7.37. The maximum absolute atomic E-state index is 12.8. The van der Waals surface area contributed by atoms with E-state index in [4.69, 9.17) is 4.84 Å². The Kier molecular flexibility index (Phi) is 7.42. The molecule has 0 bridgehead atoms. The molecule has 3 aromatic rings. The smallest absolute Gasteiger partial charge is 0.406 e. The minimum Gasteiger partial charge on any atom is -0.406 e. The fourth-order valence-corrected chi connectivity index (χ4v) is 5.15. The molecule has 0 aromatic heterocycles. The first-order valence-electron chi connectivity index (χ1n) is 10.9. The van der Waals surface area contributed by atoms with Crippen molar-refractivity contribution in [2.24, 2.45) is 5.16 Å². The van der Waals surface area contributed by atoms with Crippen LogP contribution in [0.5, 0.6) is 5.75 Å². The summed E-state index contributed by atoms with van der Waals surface area (Å²) in [5.74, 6) is -0.476. The second-order valence-electron chi connectivity index (χ2n) is 7.92. The number of nitrogens with zero attached hydrogens (tertiary/aromatic N) is 2. The van der Waals surface area contributed by atoms with Crippen molar-refractivity contribution in [3.63, 3.8) is 0 Å². The van der Waals surface area contributed by atoms with Crippen LogP contribution >= 0.6 is 0 Å². The zero-order valence-corrected chi connectivity index (χ0v) is 19.4. The molecule has 4 rings (SSSR count). The second-order valence-corrected chi connectivity index (χ2v) is 9.86. The number of benzene rings is 3. The summed E-state index contributed by atoms with van der Waals surface area (Å²) < 4.78 is 67.7. The van der Waals surface area contributed by atoms with Gasteiger partial charge in [-0.3, -0.25) is 0 Å². The zero-order valence-electron chi connectivity index (χ0n) is 18.6. The molecule has 0 aliphatic carbocycles. The van der Waals surface area contributed by atoms with Crippen molar-refractivity contribution in [2.45, 2.75) is 30.7 Å². The quantitative estimate of drug-likeness (QED) is 0.393. The number of rotatable bonds is 7. The summed E-state index contributed by atoms with van der Waals surface area (Å²) in [5.41, 5.74) is 3.91. The molecule has 0 unspecified atom stereocenters. The van der Waals surface area contributed by atoms with E-state index in [0.29, 0.717) is 19.4 Å². The van der Waals surface area contributed by atoms with Gasteiger partial charge in [-0.2, -0.15) is 4.31 Å². The van der Waals surface area contributed by atoms with E-state index in [1.807, 2.05) is 54.6 Å². The van der Waals surface area contributed by atoms with Gasteiger partial charge in [0.1, 0.15) is 12.4 Å². The first-order valence-corrected chi connectivity index (χ1v) is 12.3. The number of hydrogen-bond donors (Lipinski definition) is 0. The molecule has 1 heterocycles. The summed E-state index contributed by atoms with van der Waals surface area (Å²) in [6, 6.07) is 22.1. The molecule has 6 nitrogen and oxygen atoms in total. The lowest BCUT2D eigenvalue weighted by Gasteiger charge is -2.26. The predicted octanol–water partition coefficient (Wildman–Crippen LogP) is 5.61. The summed E-state index contributed by atoms with van der Waals surface area (Å²) in [5, 5.41) is 4.19. The van der Waals surface area contributed by atoms with Crippen molar-refractivity contribution in [3.8, 4) is 16.9 Å². The van der Waals surface area contributed by atoms with E-state index in [-0.39, 0.29) is 18.0 Å². The van der Waals surface area contributed by atoms with Gasteiger partial charge in [0.25, 0.3) is 0 Å². The molecule has 0 amide bonds. The van der Waals surface area contributed by atoms with Gasteiger partial charge in [0.05, 0.1) is 10.6 Å². The fourth-order valence-electron chi connectivity index (χ4n) is 3.71. The van der Waals surface area contributed by atoms with Crippen molar-refractivity contribution < 1.29 is 31.2 Å². The molecule has 1 aliphatic rings. The Bertz CT molecular complexity index is 1270. The number of ether oxygens (including phenoxy) is 1. The first kappa shape index (κ1) is 24.7. The average Bonchev–Trinajstić information content (AvgIpc) is 2.84. The lowest BCUT2D eigenvalue weighted by molar-refractivity contribution is -0.274. The molecule has 0 saturated carbocycles. The van der Waals surface area contributed by atoms with Crippen LogP contribution in [-0.4, -0.2) is 37.9 Å². The van der Waals surface area contributed by atoms with Gasteiger partial charge in [-0.25, -0.2) is 8.42 Å². The van der Waals surface area contributed by atoms with E-state index in [2.05, 4.69) is 9.89 Å². The lowest BCUT2D eigenvalue weighted by Crippen LogP contribution is -2.38. The molecule has 0 atom stereocenters. The Morgan fingerprint density at radius 1 is 0.857 bits per heavy atom. The molecule has 1 fully saturated rings. The summed E-state index contributed by atoms with van der Waals surface area (Å²) in [6.45, 7) is 0.697. The van der Waals surface area contributed by atoms with Gasteiger partial charge < -0.3 is 9.57 Å². The van der Waals surface area contributed by atoms with E-state index in [0.717, 1.165) is 46.7 Å². The van der Waals surface area contributed by atoms with Gasteiger partial charge in [-0.1, -0.05) is 53.7 Å². The largest absolute Gasteiger partial charge is 0.573 e. The van der Waals surface area contributed by atoms with Gasteiger partial charge in [0.15, 0.2) is 0 Å². The third-order valence-electron chi connectivity index (χ3n) is 5.45. The molecule has 0 N–H and O–H groups in total. The average molecular weight is 505 g/mol. The van der Waals surface area contributed by atoms with Crippen molar-refractivity contribution >= 4 is 15.7 Å². The highest BCUT2D eigenvalue weighted by molar-refractivity contribution is 7.89. The van der Waals surface area contributed by atoms with Crippen LogP contribution in [0.15, 0.2) is 88.9 Å². The van der Waals surface area contributed by atoms with Crippen molar-refractivity contribution in [1.82, 2.24) is 4.31 Å². The standard InChI is InChI=1S/C25H23F3N2O4S/c26-25(27,28)34-23-9-11-24(12-10-23)35(31,32)30-15-13-22(14-16-30)29-33-18-19-5-4-8-21(17-19)20-6-2-1-3-7-20/h1-12,17H,13-16,18H2. The van der Waals surface area contributed by atoms with E-state index < -0.39 is 22.1 Å². The van der Waals surface area contributed by atoms with Crippen LogP contribution < -0.4 is 4.74 Å². The van der Waals surface area contributed by atoms with Gasteiger partial charge in [0.2, 0.25) is 10.0 Å². The molecular formula is C25H23F3N2O4S. The van der Waals surface area contributed by atoms with E-state index in [1.165, 1.54) is 4.31 Å². The number of halogens is 3. The van der Waals surface area contributed by atoms with Crippen LogP contribution in [0.4, 0.5) is 13.2 Å².